The van der Waals surface area contributed by atoms with Crippen LogP contribution in [0.2, 0.25) is 5.02 Å². The van der Waals surface area contributed by atoms with Gasteiger partial charge in [0.25, 0.3) is 5.91 Å². The lowest BCUT2D eigenvalue weighted by molar-refractivity contribution is -0.119. The van der Waals surface area contributed by atoms with Gasteiger partial charge in [0.05, 0.1) is 12.1 Å². The first-order chi connectivity index (χ1) is 13.0. The topological polar surface area (TPSA) is 71.1 Å². The molecule has 0 bridgehead atoms. The van der Waals surface area contributed by atoms with Crippen LogP contribution in [0, 0.1) is 6.92 Å². The van der Waals surface area contributed by atoms with Crippen molar-refractivity contribution in [2.75, 3.05) is 12.4 Å². The number of carbonyl (C=O) groups excluding carboxylic acids is 2. The summed E-state index contributed by atoms with van der Waals surface area (Å²) in [5.41, 5.74) is 2.94. The number of aryl methyl sites for hydroxylation is 1. The number of para-hydroxylation sites is 1. The maximum atomic E-state index is 12.8. The summed E-state index contributed by atoms with van der Waals surface area (Å²) in [6, 6.07) is 14.6. The first-order valence-electron chi connectivity index (χ1n) is 8.31. The summed E-state index contributed by atoms with van der Waals surface area (Å²) in [6.45, 7) is 1.81. The lowest BCUT2D eigenvalue weighted by atomic mass is 10.1. The van der Waals surface area contributed by atoms with Crippen LogP contribution in [0.3, 0.4) is 0 Å². The van der Waals surface area contributed by atoms with Gasteiger partial charge in [0.2, 0.25) is 5.91 Å². The lowest BCUT2D eigenvalue weighted by Gasteiger charge is -2.10. The molecule has 0 fully saturated rings. The molecule has 3 rings (SSSR count). The van der Waals surface area contributed by atoms with E-state index in [1.807, 2.05) is 30.3 Å². The molecular weight excluding hydrogens is 382 g/mol. The number of likely N-dealkylation sites (N-methyl/N-ethyl adjacent to an activating group) is 1. The summed E-state index contributed by atoms with van der Waals surface area (Å²) in [4.78, 5) is 29.5. The minimum Gasteiger partial charge on any atom is -0.359 e. The minimum absolute atomic E-state index is 0.115. The molecule has 0 atom stereocenters. The molecule has 0 aliphatic carbocycles. The van der Waals surface area contributed by atoms with Crippen molar-refractivity contribution < 1.29 is 9.59 Å². The van der Waals surface area contributed by atoms with E-state index in [4.69, 9.17) is 11.6 Å². The number of benzene rings is 2. The Morgan fingerprint density at radius 1 is 1.11 bits per heavy atom. The zero-order valence-electron chi connectivity index (χ0n) is 14.9. The third kappa shape index (κ3) is 4.53. The van der Waals surface area contributed by atoms with Gasteiger partial charge in [0.15, 0.2) is 0 Å². The summed E-state index contributed by atoms with van der Waals surface area (Å²) in [5.74, 6) is -0.356. The maximum absolute atomic E-state index is 12.8. The molecule has 1 heterocycles. The van der Waals surface area contributed by atoms with Crippen LogP contribution in [0.1, 0.15) is 20.9 Å². The van der Waals surface area contributed by atoms with E-state index in [9.17, 15) is 9.59 Å². The summed E-state index contributed by atoms with van der Waals surface area (Å²) in [6.07, 6.45) is 0.199. The number of nitrogens with zero attached hydrogens (tertiary/aromatic N) is 1. The second kappa shape index (κ2) is 8.33. The predicted octanol–water partition coefficient (Wildman–Crippen LogP) is 4.31. The van der Waals surface area contributed by atoms with Gasteiger partial charge in [0.1, 0.15) is 9.88 Å². The zero-order valence-corrected chi connectivity index (χ0v) is 16.4. The Morgan fingerprint density at radius 2 is 1.81 bits per heavy atom. The standard InChI is InChI=1S/C20H18ClN3O2S/c1-12-18(27-20(23-12)13-7-9-15(21)10-8-13)19(26)24-16-6-4-3-5-14(16)11-17(25)22-2/h3-10H,11H2,1-2H3,(H,22,25)(H,24,26). The summed E-state index contributed by atoms with van der Waals surface area (Å²) in [5, 5.41) is 6.90. The van der Waals surface area contributed by atoms with E-state index in [-0.39, 0.29) is 18.2 Å². The van der Waals surface area contributed by atoms with Gasteiger partial charge in [-0.2, -0.15) is 0 Å². The van der Waals surface area contributed by atoms with Crippen LogP contribution in [0.25, 0.3) is 10.6 Å². The second-order valence-electron chi connectivity index (χ2n) is 5.90. The molecule has 0 aliphatic rings. The van der Waals surface area contributed by atoms with Gasteiger partial charge >= 0.3 is 0 Å². The molecule has 0 saturated carbocycles. The van der Waals surface area contributed by atoms with Crippen LogP contribution in [-0.4, -0.2) is 23.8 Å². The fourth-order valence-electron chi connectivity index (χ4n) is 2.56. The molecule has 27 heavy (non-hydrogen) atoms. The van der Waals surface area contributed by atoms with Crippen molar-refractivity contribution >= 4 is 40.4 Å². The number of anilines is 1. The monoisotopic (exact) mass is 399 g/mol. The van der Waals surface area contributed by atoms with Gasteiger partial charge in [-0.3, -0.25) is 9.59 Å². The number of hydrogen-bond donors (Lipinski definition) is 2. The summed E-state index contributed by atoms with van der Waals surface area (Å²) < 4.78 is 0. The molecule has 3 aromatic rings. The Hall–Kier alpha value is -2.70. The van der Waals surface area contributed by atoms with Gasteiger partial charge in [-0.25, -0.2) is 4.98 Å². The highest BCUT2D eigenvalue weighted by Crippen LogP contribution is 2.29. The van der Waals surface area contributed by atoms with E-state index in [0.29, 0.717) is 21.3 Å². The number of carbonyl (C=O) groups is 2. The van der Waals surface area contributed by atoms with E-state index in [2.05, 4.69) is 15.6 Å². The van der Waals surface area contributed by atoms with Crippen molar-refractivity contribution in [2.45, 2.75) is 13.3 Å². The van der Waals surface area contributed by atoms with Crippen molar-refractivity contribution in [3.05, 3.63) is 69.7 Å². The van der Waals surface area contributed by atoms with Crippen molar-refractivity contribution in [3.63, 3.8) is 0 Å². The highest BCUT2D eigenvalue weighted by Gasteiger charge is 2.18. The number of rotatable bonds is 5. The van der Waals surface area contributed by atoms with Crippen molar-refractivity contribution in [3.8, 4) is 10.6 Å². The van der Waals surface area contributed by atoms with Crippen molar-refractivity contribution in [1.82, 2.24) is 10.3 Å². The number of halogens is 1. The zero-order chi connectivity index (χ0) is 19.4. The van der Waals surface area contributed by atoms with E-state index in [0.717, 1.165) is 16.1 Å². The van der Waals surface area contributed by atoms with Crippen molar-refractivity contribution in [2.24, 2.45) is 0 Å². The number of thiazole rings is 1. The lowest BCUT2D eigenvalue weighted by Crippen LogP contribution is -2.21. The Bertz CT molecular complexity index is 983. The maximum Gasteiger partial charge on any atom is 0.267 e. The molecule has 0 spiro atoms. The van der Waals surface area contributed by atoms with E-state index in [1.54, 1.807) is 32.2 Å². The van der Waals surface area contributed by atoms with E-state index in [1.165, 1.54) is 11.3 Å². The average molecular weight is 400 g/mol. The Labute approximate surface area is 166 Å². The second-order valence-corrected chi connectivity index (χ2v) is 7.34. The third-order valence-electron chi connectivity index (χ3n) is 3.99. The number of hydrogen-bond acceptors (Lipinski definition) is 4. The van der Waals surface area contributed by atoms with Crippen molar-refractivity contribution in [1.29, 1.82) is 0 Å². The van der Waals surface area contributed by atoms with Crippen LogP contribution in [0.5, 0.6) is 0 Å². The van der Waals surface area contributed by atoms with Gasteiger partial charge in [0, 0.05) is 23.3 Å². The molecule has 0 radical (unpaired) electrons. The number of amides is 2. The van der Waals surface area contributed by atoms with Crippen LogP contribution < -0.4 is 10.6 Å². The molecule has 138 valence electrons. The van der Waals surface area contributed by atoms with Gasteiger partial charge in [-0.05, 0) is 30.7 Å². The third-order valence-corrected chi connectivity index (χ3v) is 5.45. The average Bonchev–Trinajstić information content (AvgIpc) is 3.05. The molecule has 5 nitrogen and oxygen atoms in total. The minimum atomic E-state index is -0.241. The highest BCUT2D eigenvalue weighted by atomic mass is 35.5. The van der Waals surface area contributed by atoms with Crippen LogP contribution in [0.15, 0.2) is 48.5 Å². The quantitative estimate of drug-likeness (QED) is 0.671. The largest absolute Gasteiger partial charge is 0.359 e. The fraction of sp³-hybridized carbons (Fsp3) is 0.150. The SMILES string of the molecule is CNC(=O)Cc1ccccc1NC(=O)c1sc(-c2ccc(Cl)cc2)nc1C. The molecule has 2 N–H and O–H groups in total. The molecular formula is C20H18ClN3O2S. The Morgan fingerprint density at radius 3 is 2.52 bits per heavy atom. The molecule has 2 aromatic carbocycles. The van der Waals surface area contributed by atoms with E-state index < -0.39 is 0 Å². The Kier molecular flexibility index (Phi) is 5.88. The summed E-state index contributed by atoms with van der Waals surface area (Å²) >= 11 is 7.25. The first kappa shape index (κ1) is 19.1. The normalized spacial score (nSPS) is 10.5. The van der Waals surface area contributed by atoms with Gasteiger partial charge in [-0.1, -0.05) is 41.9 Å². The molecule has 0 saturated heterocycles. The van der Waals surface area contributed by atoms with Crippen LogP contribution in [0.4, 0.5) is 5.69 Å². The molecule has 1 aromatic heterocycles. The van der Waals surface area contributed by atoms with E-state index >= 15 is 0 Å². The molecule has 2 amide bonds. The first-order valence-corrected chi connectivity index (χ1v) is 9.50. The van der Waals surface area contributed by atoms with Gasteiger partial charge in [-0.15, -0.1) is 11.3 Å². The van der Waals surface area contributed by atoms with Crippen LogP contribution >= 0.6 is 22.9 Å². The summed E-state index contributed by atoms with van der Waals surface area (Å²) in [7, 11) is 1.59. The highest BCUT2D eigenvalue weighted by molar-refractivity contribution is 7.17. The predicted molar refractivity (Wildman–Crippen MR) is 109 cm³/mol. The number of nitrogens with one attached hydrogen (secondary N) is 2. The fourth-order valence-corrected chi connectivity index (χ4v) is 3.65. The smallest absolute Gasteiger partial charge is 0.267 e. The molecule has 0 aliphatic heterocycles. The van der Waals surface area contributed by atoms with Gasteiger partial charge < -0.3 is 10.6 Å². The molecule has 7 heteroatoms. The number of aromatic nitrogens is 1. The Balaban J connectivity index is 1.83. The van der Waals surface area contributed by atoms with Crippen LogP contribution in [-0.2, 0) is 11.2 Å². The molecule has 0 unspecified atom stereocenters.